The van der Waals surface area contributed by atoms with E-state index in [1.165, 1.54) is 10.1 Å². The van der Waals surface area contributed by atoms with Crippen LogP contribution in [0, 0.1) is 0 Å². The van der Waals surface area contributed by atoms with Gasteiger partial charge in [-0.05, 0) is 0 Å². The summed E-state index contributed by atoms with van der Waals surface area (Å²) >= 11 is 4.36. The minimum absolute atomic E-state index is 0.596. The van der Waals surface area contributed by atoms with Crippen molar-refractivity contribution in [2.45, 2.75) is 18.3 Å². The van der Waals surface area contributed by atoms with Gasteiger partial charge in [0.15, 0.2) is 0 Å². The summed E-state index contributed by atoms with van der Waals surface area (Å²) in [6.07, 6.45) is 1.04. The second-order valence-corrected chi connectivity index (χ2v) is 6.67. The van der Waals surface area contributed by atoms with Gasteiger partial charge in [-0.3, -0.25) is 0 Å². The van der Waals surface area contributed by atoms with Gasteiger partial charge in [-0.15, -0.1) is 0 Å². The van der Waals surface area contributed by atoms with Gasteiger partial charge in [0, 0.05) is 0 Å². The van der Waals surface area contributed by atoms with Crippen molar-refractivity contribution < 1.29 is 4.18 Å². The number of fused-ring (bicyclic) bond motifs is 1. The van der Waals surface area contributed by atoms with Crippen molar-refractivity contribution in [1.82, 2.24) is 0 Å². The van der Waals surface area contributed by atoms with Crippen molar-refractivity contribution >= 4 is 38.0 Å². The molecule has 0 amide bonds. The molecule has 0 saturated heterocycles. The molecule has 1 aliphatic rings. The fourth-order valence-corrected chi connectivity index (χ4v) is 4.44. The van der Waals surface area contributed by atoms with Gasteiger partial charge in [0.25, 0.3) is 0 Å². The van der Waals surface area contributed by atoms with E-state index in [0.717, 1.165) is 19.6 Å². The number of thiol groups is 1. The van der Waals surface area contributed by atoms with E-state index in [-0.39, 0.29) is 0 Å². The molecule has 4 heteroatoms. The minimum atomic E-state index is 0.596. The van der Waals surface area contributed by atoms with Crippen LogP contribution >= 0.6 is 12.9 Å². The van der Waals surface area contributed by atoms with Gasteiger partial charge in [0.05, 0.1) is 0 Å². The number of benzene rings is 1. The fourth-order valence-electron chi connectivity index (χ4n) is 1.84. The summed E-state index contributed by atoms with van der Waals surface area (Å²) < 4.78 is 6.33. The predicted molar refractivity (Wildman–Crippen MR) is 68.2 cm³/mol. The number of hydrogen-bond donors (Lipinski definition) is 1. The Morgan fingerprint density at radius 2 is 2.27 bits per heavy atom. The van der Waals surface area contributed by atoms with Crippen LogP contribution in [-0.2, 0) is 4.18 Å². The monoisotopic (exact) mass is 289 g/mol. The number of nitrogens with zero attached hydrogens (tertiary/aromatic N) is 1. The van der Waals surface area contributed by atoms with Crippen LogP contribution in [0.3, 0.4) is 0 Å². The molecule has 1 aromatic carbocycles. The van der Waals surface area contributed by atoms with Crippen LogP contribution in [0.25, 0.3) is 0 Å². The molecule has 1 atom stereocenters. The van der Waals surface area contributed by atoms with E-state index in [4.69, 9.17) is 4.18 Å². The Bertz CT molecular complexity index is 334. The first-order valence-electron chi connectivity index (χ1n) is 5.11. The topological polar surface area (TPSA) is 12.5 Å². The van der Waals surface area contributed by atoms with Gasteiger partial charge in [-0.2, -0.15) is 0 Å². The first kappa shape index (κ1) is 11.3. The van der Waals surface area contributed by atoms with E-state index < -0.39 is 0 Å². The molecule has 1 aliphatic heterocycles. The zero-order valence-electron chi connectivity index (χ0n) is 8.72. The van der Waals surface area contributed by atoms with E-state index >= 15 is 0 Å². The molecule has 0 fully saturated rings. The molecule has 1 heterocycles. The molecule has 1 unspecified atom stereocenters. The van der Waals surface area contributed by atoms with Crippen LogP contribution in [0.15, 0.2) is 24.3 Å². The summed E-state index contributed by atoms with van der Waals surface area (Å²) in [4.78, 5) is 3.16. The van der Waals surface area contributed by atoms with E-state index in [1.54, 1.807) is 0 Å². The molecule has 0 spiro atoms. The van der Waals surface area contributed by atoms with E-state index in [9.17, 15) is 0 Å². The van der Waals surface area contributed by atoms with Crippen LogP contribution < -0.4 is 9.36 Å². The van der Waals surface area contributed by atoms with Gasteiger partial charge in [-0.1, -0.05) is 0 Å². The average Bonchev–Trinajstić information content (AvgIpc) is 2.56. The van der Waals surface area contributed by atoms with Gasteiger partial charge in [0.1, 0.15) is 0 Å². The van der Waals surface area contributed by atoms with Crippen molar-refractivity contribution in [2.75, 3.05) is 18.1 Å². The Labute approximate surface area is 103 Å². The molecule has 2 nitrogen and oxygen atoms in total. The molecule has 0 aromatic heterocycles. The molecule has 15 heavy (non-hydrogen) atoms. The summed E-state index contributed by atoms with van der Waals surface area (Å²) in [5.74, 6) is 0. The van der Waals surface area contributed by atoms with Gasteiger partial charge >= 0.3 is 103 Å². The Hall–Kier alpha value is -0.151. The van der Waals surface area contributed by atoms with Crippen molar-refractivity contribution in [3.63, 3.8) is 0 Å². The molecular formula is C11H15NOSSe. The van der Waals surface area contributed by atoms with E-state index in [2.05, 4.69) is 49.0 Å². The quantitative estimate of drug-likeness (QED) is 0.389. The van der Waals surface area contributed by atoms with Crippen LogP contribution in [0.5, 0.6) is 0 Å². The molecule has 0 aliphatic carbocycles. The van der Waals surface area contributed by atoms with Gasteiger partial charge in [0.2, 0.25) is 0 Å². The van der Waals surface area contributed by atoms with Crippen LogP contribution in [0.4, 0.5) is 5.69 Å². The predicted octanol–water partition coefficient (Wildman–Crippen LogP) is 1.43. The number of para-hydroxylation sites is 1. The van der Waals surface area contributed by atoms with Crippen LogP contribution in [-0.4, -0.2) is 33.0 Å². The zero-order valence-corrected chi connectivity index (χ0v) is 11.3. The molecule has 2 rings (SSSR count). The Kier molecular flexibility index (Phi) is 3.98. The van der Waals surface area contributed by atoms with Gasteiger partial charge in [-0.25, -0.2) is 0 Å². The Balaban J connectivity index is 2.05. The first-order chi connectivity index (χ1) is 7.33. The maximum absolute atomic E-state index is 4.80. The second kappa shape index (κ2) is 5.26. The molecule has 0 saturated carbocycles. The summed E-state index contributed by atoms with van der Waals surface area (Å²) in [5.41, 5.74) is 1.42. The Morgan fingerprint density at radius 3 is 3.07 bits per heavy atom. The zero-order chi connectivity index (χ0) is 10.7. The Morgan fingerprint density at radius 1 is 1.47 bits per heavy atom. The molecular weight excluding hydrogens is 273 g/mol. The average molecular weight is 288 g/mol. The maximum atomic E-state index is 4.80. The number of anilines is 1. The third-order valence-corrected chi connectivity index (χ3v) is 5.24. The number of rotatable bonds is 4. The molecule has 82 valence electrons. The third kappa shape index (κ3) is 2.51. The summed E-state index contributed by atoms with van der Waals surface area (Å²) in [6.45, 7) is 4.10. The molecule has 0 bridgehead atoms. The second-order valence-electron chi connectivity index (χ2n) is 3.57. The van der Waals surface area contributed by atoms with E-state index in [0.29, 0.717) is 19.9 Å². The standard InChI is InChI=1S/C11H15NOSSe/c1-9-12(7-4-8-13-14)10-5-2-3-6-11(10)15-9/h2-3,5-6,9,14H,4,7-8H2,1H3. The van der Waals surface area contributed by atoms with Crippen molar-refractivity contribution in [3.8, 4) is 0 Å². The summed E-state index contributed by atoms with van der Waals surface area (Å²) in [6, 6.07) is 8.73. The van der Waals surface area contributed by atoms with Crippen molar-refractivity contribution in [1.29, 1.82) is 0 Å². The first-order valence-corrected chi connectivity index (χ1v) is 7.32. The SMILES string of the molecule is CC1[Se]c2ccccc2N1CCCOS. The fraction of sp³-hybridized carbons (Fsp3) is 0.455. The molecule has 1 aromatic rings. The third-order valence-electron chi connectivity index (χ3n) is 2.55. The van der Waals surface area contributed by atoms with Gasteiger partial charge < -0.3 is 0 Å². The molecule has 0 radical (unpaired) electrons. The van der Waals surface area contributed by atoms with Crippen LogP contribution in [0.2, 0.25) is 0 Å². The number of hydrogen-bond acceptors (Lipinski definition) is 3. The van der Waals surface area contributed by atoms with E-state index in [1.807, 2.05) is 0 Å². The molecule has 0 N–H and O–H groups in total. The summed E-state index contributed by atoms with van der Waals surface area (Å²) in [7, 11) is 0. The van der Waals surface area contributed by atoms with Crippen molar-refractivity contribution in [3.05, 3.63) is 24.3 Å². The normalized spacial score (nSPS) is 19.3. The van der Waals surface area contributed by atoms with Crippen molar-refractivity contribution in [2.24, 2.45) is 0 Å². The summed E-state index contributed by atoms with van der Waals surface area (Å²) in [5, 5.41) is 0. The van der Waals surface area contributed by atoms with Crippen LogP contribution in [0.1, 0.15) is 13.3 Å².